The molecule has 3 rings (SSSR count). The highest BCUT2D eigenvalue weighted by Gasteiger charge is 2.19. The molecule has 1 aliphatic rings. The number of hydrogen-bond donors (Lipinski definition) is 0. The van der Waals surface area contributed by atoms with Gasteiger partial charge in [0.05, 0.1) is 16.7 Å². The monoisotopic (exact) mass is 329 g/mol. The molecule has 1 unspecified atom stereocenters. The molecule has 0 saturated carbocycles. The van der Waals surface area contributed by atoms with Crippen LogP contribution < -0.4 is 0 Å². The van der Waals surface area contributed by atoms with Gasteiger partial charge in [0, 0.05) is 17.6 Å². The third-order valence-corrected chi connectivity index (χ3v) is 5.52. The Morgan fingerprint density at radius 3 is 3.00 bits per heavy atom. The van der Waals surface area contributed by atoms with Crippen LogP contribution in [0.1, 0.15) is 42.7 Å². The van der Waals surface area contributed by atoms with Crippen LogP contribution in [0.5, 0.6) is 0 Å². The zero-order valence-electron chi connectivity index (χ0n) is 11.6. The first-order chi connectivity index (χ1) is 10.2. The van der Waals surface area contributed by atoms with Crippen molar-refractivity contribution in [1.29, 1.82) is 0 Å². The normalized spacial score (nSPS) is 19.3. The fourth-order valence-corrected chi connectivity index (χ4v) is 4.26. The first-order valence-corrected chi connectivity index (χ1v) is 8.92. The summed E-state index contributed by atoms with van der Waals surface area (Å²) in [4.78, 5) is 4.63. The van der Waals surface area contributed by atoms with Crippen LogP contribution in [0.3, 0.4) is 0 Å². The van der Waals surface area contributed by atoms with E-state index in [0.29, 0.717) is 16.7 Å². The first kappa shape index (κ1) is 15.1. The van der Waals surface area contributed by atoms with E-state index in [1.165, 1.54) is 17.8 Å². The predicted molar refractivity (Wildman–Crippen MR) is 82.3 cm³/mol. The SMILES string of the molecule is FC(F)c1sccc1-c1nc(CCC2CCCCO2)cs1. The second-order valence-electron chi connectivity index (χ2n) is 5.17. The van der Waals surface area contributed by atoms with Crippen molar-refractivity contribution < 1.29 is 13.5 Å². The van der Waals surface area contributed by atoms with Crippen molar-refractivity contribution in [1.82, 2.24) is 4.98 Å². The number of rotatable bonds is 5. The standard InChI is InChI=1S/C15H17F2NOS2/c16-14(17)13-12(6-8-20-13)15-18-10(9-21-15)4-5-11-3-1-2-7-19-11/h6,8-9,11,14H,1-5,7H2. The van der Waals surface area contributed by atoms with Crippen molar-refractivity contribution in [3.8, 4) is 10.6 Å². The summed E-state index contributed by atoms with van der Waals surface area (Å²) in [5.41, 5.74) is 1.57. The third-order valence-electron chi connectivity index (χ3n) is 3.67. The van der Waals surface area contributed by atoms with Crippen molar-refractivity contribution >= 4 is 22.7 Å². The summed E-state index contributed by atoms with van der Waals surface area (Å²) in [7, 11) is 0. The van der Waals surface area contributed by atoms with Crippen LogP contribution in [-0.2, 0) is 11.2 Å². The third kappa shape index (κ3) is 3.67. The highest BCUT2D eigenvalue weighted by Crippen LogP contribution is 2.37. The van der Waals surface area contributed by atoms with Crippen LogP contribution in [0.25, 0.3) is 10.6 Å². The number of hydrogen-bond acceptors (Lipinski definition) is 4. The molecule has 0 spiro atoms. The zero-order valence-corrected chi connectivity index (χ0v) is 13.2. The molecule has 1 saturated heterocycles. The van der Waals surface area contributed by atoms with Gasteiger partial charge in [0.2, 0.25) is 0 Å². The molecule has 0 amide bonds. The van der Waals surface area contributed by atoms with Crippen LogP contribution in [0.4, 0.5) is 8.78 Å². The fourth-order valence-electron chi connectivity index (χ4n) is 2.56. The molecule has 0 aromatic carbocycles. The molecule has 114 valence electrons. The number of thiophene rings is 1. The number of nitrogens with zero attached hydrogens (tertiary/aromatic N) is 1. The number of ether oxygens (including phenoxy) is 1. The van der Waals surface area contributed by atoms with Gasteiger partial charge in [-0.05, 0) is 43.6 Å². The van der Waals surface area contributed by atoms with Crippen LogP contribution in [0.15, 0.2) is 16.8 Å². The summed E-state index contributed by atoms with van der Waals surface area (Å²) in [5.74, 6) is 0. The molecule has 0 N–H and O–H groups in total. The lowest BCUT2D eigenvalue weighted by atomic mass is 10.0. The van der Waals surface area contributed by atoms with Crippen LogP contribution in [-0.4, -0.2) is 17.7 Å². The Kier molecular flexibility index (Phi) is 4.98. The molecule has 2 nitrogen and oxygen atoms in total. The Morgan fingerprint density at radius 1 is 1.33 bits per heavy atom. The molecule has 2 aromatic heterocycles. The highest BCUT2D eigenvalue weighted by molar-refractivity contribution is 7.14. The molecule has 0 bridgehead atoms. The summed E-state index contributed by atoms with van der Waals surface area (Å²) < 4.78 is 31.5. The minimum absolute atomic E-state index is 0.117. The zero-order chi connectivity index (χ0) is 14.7. The van der Waals surface area contributed by atoms with Gasteiger partial charge >= 0.3 is 0 Å². The van der Waals surface area contributed by atoms with E-state index in [9.17, 15) is 8.78 Å². The van der Waals surface area contributed by atoms with E-state index >= 15 is 0 Å². The van der Waals surface area contributed by atoms with Crippen LogP contribution in [0, 0.1) is 0 Å². The molecule has 0 aliphatic carbocycles. The molecule has 6 heteroatoms. The lowest BCUT2D eigenvalue weighted by Crippen LogP contribution is -2.19. The van der Waals surface area contributed by atoms with E-state index in [-0.39, 0.29) is 4.88 Å². The Hall–Kier alpha value is -0.850. The van der Waals surface area contributed by atoms with Crippen LogP contribution >= 0.6 is 22.7 Å². The van der Waals surface area contributed by atoms with E-state index in [4.69, 9.17) is 4.74 Å². The molecule has 3 heterocycles. The molecular formula is C15H17F2NOS2. The topological polar surface area (TPSA) is 22.1 Å². The minimum Gasteiger partial charge on any atom is -0.378 e. The molecule has 1 atom stereocenters. The summed E-state index contributed by atoms with van der Waals surface area (Å²) in [6, 6.07) is 1.74. The summed E-state index contributed by atoms with van der Waals surface area (Å²) in [6.07, 6.45) is 3.25. The molecule has 1 fully saturated rings. The minimum atomic E-state index is -2.43. The van der Waals surface area contributed by atoms with E-state index < -0.39 is 6.43 Å². The first-order valence-electron chi connectivity index (χ1n) is 7.16. The molecule has 0 radical (unpaired) electrons. The van der Waals surface area contributed by atoms with Crippen molar-refractivity contribution in [3.63, 3.8) is 0 Å². The van der Waals surface area contributed by atoms with Gasteiger partial charge in [-0.15, -0.1) is 22.7 Å². The van der Waals surface area contributed by atoms with Crippen molar-refractivity contribution in [2.24, 2.45) is 0 Å². The Labute approximate surface area is 130 Å². The molecule has 1 aliphatic heterocycles. The van der Waals surface area contributed by atoms with Crippen molar-refractivity contribution in [3.05, 3.63) is 27.4 Å². The van der Waals surface area contributed by atoms with Gasteiger partial charge in [-0.1, -0.05) is 0 Å². The van der Waals surface area contributed by atoms with Gasteiger partial charge in [-0.2, -0.15) is 0 Å². The fraction of sp³-hybridized carbons (Fsp3) is 0.533. The highest BCUT2D eigenvalue weighted by atomic mass is 32.1. The average Bonchev–Trinajstić information content (AvgIpc) is 3.15. The van der Waals surface area contributed by atoms with Gasteiger partial charge in [0.15, 0.2) is 0 Å². The smallest absolute Gasteiger partial charge is 0.273 e. The predicted octanol–water partition coefficient (Wildman–Crippen LogP) is 5.31. The van der Waals surface area contributed by atoms with Crippen molar-refractivity contribution in [2.45, 2.75) is 44.6 Å². The molecule has 2 aromatic rings. The van der Waals surface area contributed by atoms with E-state index in [1.807, 2.05) is 5.38 Å². The number of aromatic nitrogens is 1. The van der Waals surface area contributed by atoms with E-state index in [2.05, 4.69) is 4.98 Å². The van der Waals surface area contributed by atoms with E-state index in [0.717, 1.165) is 49.3 Å². The maximum atomic E-state index is 12.9. The quantitative estimate of drug-likeness (QED) is 0.741. The lowest BCUT2D eigenvalue weighted by Gasteiger charge is -2.21. The number of thiazole rings is 1. The van der Waals surface area contributed by atoms with Gasteiger partial charge in [0.1, 0.15) is 5.01 Å². The van der Waals surface area contributed by atoms with Gasteiger partial charge in [0.25, 0.3) is 6.43 Å². The number of aryl methyl sites for hydroxylation is 1. The van der Waals surface area contributed by atoms with Gasteiger partial charge in [-0.3, -0.25) is 0 Å². The Bertz CT molecular complexity index is 576. The number of alkyl halides is 2. The van der Waals surface area contributed by atoms with Crippen molar-refractivity contribution in [2.75, 3.05) is 6.61 Å². The van der Waals surface area contributed by atoms with Gasteiger partial charge < -0.3 is 4.74 Å². The largest absolute Gasteiger partial charge is 0.378 e. The maximum Gasteiger partial charge on any atom is 0.273 e. The average molecular weight is 329 g/mol. The summed E-state index contributed by atoms with van der Waals surface area (Å²) in [6.45, 7) is 0.861. The molecule has 21 heavy (non-hydrogen) atoms. The van der Waals surface area contributed by atoms with Crippen LogP contribution in [0.2, 0.25) is 0 Å². The second kappa shape index (κ2) is 6.94. The van der Waals surface area contributed by atoms with E-state index in [1.54, 1.807) is 11.4 Å². The Morgan fingerprint density at radius 2 is 2.24 bits per heavy atom. The maximum absolute atomic E-state index is 12.9. The number of halogens is 2. The molecular weight excluding hydrogens is 312 g/mol. The van der Waals surface area contributed by atoms with Gasteiger partial charge in [-0.25, -0.2) is 13.8 Å². The Balaban J connectivity index is 1.64. The summed E-state index contributed by atoms with van der Waals surface area (Å²) in [5, 5.41) is 4.38. The second-order valence-corrected chi connectivity index (χ2v) is 6.98. The lowest BCUT2D eigenvalue weighted by molar-refractivity contribution is 0.0114. The summed E-state index contributed by atoms with van der Waals surface area (Å²) >= 11 is 2.54.